The first-order chi connectivity index (χ1) is 9.58. The van der Waals surface area contributed by atoms with Gasteiger partial charge < -0.3 is 19.9 Å². The van der Waals surface area contributed by atoms with E-state index in [0.717, 1.165) is 12.8 Å². The molecule has 20 heavy (non-hydrogen) atoms. The summed E-state index contributed by atoms with van der Waals surface area (Å²) in [6.45, 7) is 7.58. The zero-order valence-electron chi connectivity index (χ0n) is 12.4. The van der Waals surface area contributed by atoms with E-state index in [1.807, 2.05) is 23.6 Å². The van der Waals surface area contributed by atoms with Crippen molar-refractivity contribution in [3.8, 4) is 0 Å². The van der Waals surface area contributed by atoms with Gasteiger partial charge in [0.2, 0.25) is 5.91 Å². The quantitative estimate of drug-likeness (QED) is 0.778. The van der Waals surface area contributed by atoms with E-state index < -0.39 is 0 Å². The van der Waals surface area contributed by atoms with E-state index in [1.54, 1.807) is 0 Å². The average Bonchev–Trinajstić information content (AvgIpc) is 2.98. The lowest BCUT2D eigenvalue weighted by atomic mass is 10.2. The van der Waals surface area contributed by atoms with Crippen molar-refractivity contribution in [3.05, 3.63) is 0 Å². The van der Waals surface area contributed by atoms with Crippen molar-refractivity contribution in [2.75, 3.05) is 39.3 Å². The third-order valence-electron chi connectivity index (χ3n) is 3.81. The third kappa shape index (κ3) is 3.93. The molecule has 0 bridgehead atoms. The Balaban J connectivity index is 1.74. The number of rotatable bonds is 4. The first-order valence-corrected chi connectivity index (χ1v) is 7.49. The molecule has 0 saturated carbocycles. The molecule has 0 aromatic carbocycles. The molecule has 0 aromatic heterocycles. The highest BCUT2D eigenvalue weighted by Crippen LogP contribution is 2.15. The lowest BCUT2D eigenvalue weighted by molar-refractivity contribution is -0.145. The van der Waals surface area contributed by atoms with Gasteiger partial charge in [-0.15, -0.1) is 0 Å². The number of nitrogens with one attached hydrogen (secondary N) is 1. The van der Waals surface area contributed by atoms with E-state index in [1.165, 1.54) is 0 Å². The van der Waals surface area contributed by atoms with E-state index in [4.69, 9.17) is 4.74 Å². The van der Waals surface area contributed by atoms with E-state index in [0.29, 0.717) is 45.4 Å². The van der Waals surface area contributed by atoms with Gasteiger partial charge in [0.05, 0.1) is 6.54 Å². The Bertz CT molecular complexity index is 346. The van der Waals surface area contributed by atoms with Crippen LogP contribution in [0.3, 0.4) is 0 Å². The van der Waals surface area contributed by atoms with E-state index >= 15 is 0 Å². The molecular weight excluding hydrogens is 258 g/mol. The SMILES string of the molecule is CC(C)NCC(=O)N1CCN(C(=O)C2CCCO2)CC1. The molecule has 2 fully saturated rings. The van der Waals surface area contributed by atoms with Gasteiger partial charge in [-0.25, -0.2) is 0 Å². The Hall–Kier alpha value is -1.14. The fourth-order valence-electron chi connectivity index (χ4n) is 2.56. The molecule has 2 amide bonds. The number of carbonyl (C=O) groups excluding carboxylic acids is 2. The van der Waals surface area contributed by atoms with Crippen LogP contribution in [0.2, 0.25) is 0 Å². The van der Waals surface area contributed by atoms with Crippen molar-refractivity contribution in [2.45, 2.75) is 38.8 Å². The Labute approximate surface area is 120 Å². The first kappa shape index (κ1) is 15.3. The van der Waals surface area contributed by atoms with Gasteiger partial charge in [0, 0.05) is 38.8 Å². The molecule has 1 unspecified atom stereocenters. The number of hydrogen-bond donors (Lipinski definition) is 1. The van der Waals surface area contributed by atoms with Crippen LogP contribution in [0.15, 0.2) is 0 Å². The molecular formula is C14H25N3O3. The predicted octanol–water partition coefficient (Wildman–Crippen LogP) is -0.166. The van der Waals surface area contributed by atoms with Gasteiger partial charge in [-0.1, -0.05) is 13.8 Å². The molecule has 0 radical (unpaired) electrons. The van der Waals surface area contributed by atoms with Crippen LogP contribution in [0.1, 0.15) is 26.7 Å². The summed E-state index contributed by atoms with van der Waals surface area (Å²) in [4.78, 5) is 27.8. The van der Waals surface area contributed by atoms with Gasteiger partial charge in [-0.2, -0.15) is 0 Å². The molecule has 6 heteroatoms. The summed E-state index contributed by atoms with van der Waals surface area (Å²) in [7, 11) is 0. The molecule has 2 saturated heterocycles. The van der Waals surface area contributed by atoms with Crippen molar-refractivity contribution in [3.63, 3.8) is 0 Å². The van der Waals surface area contributed by atoms with Crippen molar-refractivity contribution < 1.29 is 14.3 Å². The average molecular weight is 283 g/mol. The molecule has 0 spiro atoms. The van der Waals surface area contributed by atoms with Gasteiger partial charge in [0.15, 0.2) is 0 Å². The Morgan fingerprint density at radius 1 is 1.20 bits per heavy atom. The van der Waals surface area contributed by atoms with Crippen molar-refractivity contribution in [2.24, 2.45) is 0 Å². The van der Waals surface area contributed by atoms with Crippen LogP contribution in [0, 0.1) is 0 Å². The summed E-state index contributed by atoms with van der Waals surface area (Å²) in [5.41, 5.74) is 0. The lowest BCUT2D eigenvalue weighted by Crippen LogP contribution is -2.54. The van der Waals surface area contributed by atoms with Crippen LogP contribution >= 0.6 is 0 Å². The molecule has 2 heterocycles. The molecule has 1 N–H and O–H groups in total. The lowest BCUT2D eigenvalue weighted by Gasteiger charge is -2.36. The van der Waals surface area contributed by atoms with Crippen LogP contribution < -0.4 is 5.32 Å². The van der Waals surface area contributed by atoms with Crippen LogP contribution in [0.5, 0.6) is 0 Å². The van der Waals surface area contributed by atoms with Crippen LogP contribution in [-0.4, -0.2) is 73.1 Å². The molecule has 2 aliphatic rings. The predicted molar refractivity (Wildman–Crippen MR) is 75.3 cm³/mol. The summed E-state index contributed by atoms with van der Waals surface area (Å²) in [6, 6.07) is 0.307. The summed E-state index contributed by atoms with van der Waals surface area (Å²) in [5.74, 6) is 0.206. The van der Waals surface area contributed by atoms with Crippen molar-refractivity contribution in [1.29, 1.82) is 0 Å². The minimum atomic E-state index is -0.250. The molecule has 1 atom stereocenters. The number of ether oxygens (including phenoxy) is 1. The highest BCUT2D eigenvalue weighted by atomic mass is 16.5. The van der Waals surface area contributed by atoms with Gasteiger partial charge in [-0.3, -0.25) is 9.59 Å². The monoisotopic (exact) mass is 283 g/mol. The fourth-order valence-corrected chi connectivity index (χ4v) is 2.56. The fraction of sp³-hybridized carbons (Fsp3) is 0.857. The number of amides is 2. The summed E-state index contributed by atoms with van der Waals surface area (Å²) in [6.07, 6.45) is 1.55. The zero-order chi connectivity index (χ0) is 14.5. The van der Waals surface area contributed by atoms with Crippen LogP contribution in [-0.2, 0) is 14.3 Å². The van der Waals surface area contributed by atoms with E-state index in [9.17, 15) is 9.59 Å². The molecule has 0 aromatic rings. The van der Waals surface area contributed by atoms with Gasteiger partial charge in [0.1, 0.15) is 6.10 Å². The Morgan fingerprint density at radius 3 is 2.40 bits per heavy atom. The smallest absolute Gasteiger partial charge is 0.251 e. The summed E-state index contributed by atoms with van der Waals surface area (Å²) in [5, 5.41) is 3.13. The number of carbonyl (C=O) groups is 2. The maximum Gasteiger partial charge on any atom is 0.251 e. The highest BCUT2D eigenvalue weighted by Gasteiger charge is 2.31. The highest BCUT2D eigenvalue weighted by molar-refractivity contribution is 5.82. The molecule has 2 rings (SSSR count). The largest absolute Gasteiger partial charge is 0.368 e. The number of piperazine rings is 1. The van der Waals surface area contributed by atoms with Crippen molar-refractivity contribution in [1.82, 2.24) is 15.1 Å². The number of nitrogens with zero attached hydrogens (tertiary/aromatic N) is 2. The normalized spacial score (nSPS) is 23.4. The molecule has 2 aliphatic heterocycles. The van der Waals surface area contributed by atoms with Crippen LogP contribution in [0.4, 0.5) is 0 Å². The maximum absolute atomic E-state index is 12.2. The maximum atomic E-state index is 12.2. The van der Waals surface area contributed by atoms with Gasteiger partial charge in [-0.05, 0) is 12.8 Å². The topological polar surface area (TPSA) is 61.9 Å². The standard InChI is InChI=1S/C14H25N3O3/c1-11(2)15-10-13(18)16-5-7-17(8-6-16)14(19)12-4-3-9-20-12/h11-12,15H,3-10H2,1-2H3. The number of hydrogen-bond acceptors (Lipinski definition) is 4. The van der Waals surface area contributed by atoms with Gasteiger partial charge >= 0.3 is 0 Å². The minimum absolute atomic E-state index is 0.0925. The summed E-state index contributed by atoms with van der Waals surface area (Å²) < 4.78 is 5.43. The Kier molecular flexibility index (Phi) is 5.37. The summed E-state index contributed by atoms with van der Waals surface area (Å²) >= 11 is 0. The van der Waals surface area contributed by atoms with E-state index in [2.05, 4.69) is 5.32 Å². The minimum Gasteiger partial charge on any atom is -0.368 e. The molecule has 0 aliphatic carbocycles. The third-order valence-corrected chi connectivity index (χ3v) is 3.81. The van der Waals surface area contributed by atoms with Gasteiger partial charge in [0.25, 0.3) is 5.91 Å². The first-order valence-electron chi connectivity index (χ1n) is 7.49. The second-order valence-electron chi connectivity index (χ2n) is 5.74. The molecule has 114 valence electrons. The van der Waals surface area contributed by atoms with Crippen LogP contribution in [0.25, 0.3) is 0 Å². The second-order valence-corrected chi connectivity index (χ2v) is 5.74. The Morgan fingerprint density at radius 2 is 1.85 bits per heavy atom. The van der Waals surface area contributed by atoms with E-state index in [-0.39, 0.29) is 17.9 Å². The zero-order valence-corrected chi connectivity index (χ0v) is 12.4. The van der Waals surface area contributed by atoms with Crippen molar-refractivity contribution >= 4 is 11.8 Å². The molecule has 6 nitrogen and oxygen atoms in total. The second kappa shape index (κ2) is 7.04.